The van der Waals surface area contributed by atoms with Crippen LogP contribution < -0.4 is 10.6 Å². The van der Waals surface area contributed by atoms with Crippen molar-refractivity contribution in [3.05, 3.63) is 35.4 Å². The molecule has 0 spiro atoms. The Morgan fingerprint density at radius 2 is 1.89 bits per heavy atom. The lowest BCUT2D eigenvalue weighted by Gasteiger charge is -2.26. The van der Waals surface area contributed by atoms with Crippen LogP contribution in [0.3, 0.4) is 0 Å². The first-order valence-electron chi connectivity index (χ1n) is 9.79. The summed E-state index contributed by atoms with van der Waals surface area (Å²) in [6.45, 7) is 8.78. The fraction of sp³-hybridized carbons (Fsp3) is 0.632. The summed E-state index contributed by atoms with van der Waals surface area (Å²) in [5.74, 6) is 0.667. The van der Waals surface area contributed by atoms with Crippen LogP contribution in [0.4, 0.5) is 0 Å². The molecular formula is C19H32N4O4S. The van der Waals surface area contributed by atoms with Gasteiger partial charge in [-0.15, -0.1) is 0 Å². The van der Waals surface area contributed by atoms with Crippen molar-refractivity contribution < 1.29 is 17.9 Å². The zero-order valence-electron chi connectivity index (χ0n) is 16.8. The van der Waals surface area contributed by atoms with Crippen LogP contribution in [0.25, 0.3) is 0 Å². The van der Waals surface area contributed by atoms with Crippen molar-refractivity contribution in [2.75, 3.05) is 52.6 Å². The molecule has 0 amide bonds. The normalized spacial score (nSPS) is 16.1. The average molecular weight is 413 g/mol. The number of hydrogen-bond acceptors (Lipinski definition) is 5. The third kappa shape index (κ3) is 7.38. The molecule has 1 aliphatic heterocycles. The topological polar surface area (TPSA) is 92.3 Å². The molecule has 1 fully saturated rings. The zero-order chi connectivity index (χ0) is 20.2. The van der Waals surface area contributed by atoms with Crippen molar-refractivity contribution in [3.8, 4) is 0 Å². The maximum absolute atomic E-state index is 12.7. The summed E-state index contributed by atoms with van der Waals surface area (Å²) in [4.78, 5) is 4.59. The quantitative estimate of drug-likeness (QED) is 0.338. The first-order chi connectivity index (χ1) is 13.6. The number of hydrogen-bond donors (Lipinski definition) is 2. The van der Waals surface area contributed by atoms with E-state index >= 15 is 0 Å². The molecule has 1 aliphatic rings. The summed E-state index contributed by atoms with van der Waals surface area (Å²) in [7, 11) is -3.37. The lowest BCUT2D eigenvalue weighted by atomic mass is 10.1. The van der Waals surface area contributed by atoms with Gasteiger partial charge >= 0.3 is 0 Å². The van der Waals surface area contributed by atoms with Crippen LogP contribution in [0.1, 0.15) is 25.0 Å². The molecule has 2 rings (SSSR count). The molecular weight excluding hydrogens is 380 g/mol. The molecule has 2 N–H and O–H groups in total. The lowest BCUT2D eigenvalue weighted by molar-refractivity contribution is 0.0729. The Morgan fingerprint density at radius 3 is 2.57 bits per heavy atom. The van der Waals surface area contributed by atoms with Gasteiger partial charge in [0.2, 0.25) is 10.0 Å². The van der Waals surface area contributed by atoms with E-state index in [1.54, 1.807) is 0 Å². The van der Waals surface area contributed by atoms with Gasteiger partial charge in [0, 0.05) is 32.8 Å². The Bertz CT molecular complexity index is 718. The largest absolute Gasteiger partial charge is 0.380 e. The Morgan fingerprint density at radius 1 is 1.18 bits per heavy atom. The Kier molecular flexibility index (Phi) is 9.69. The van der Waals surface area contributed by atoms with Crippen molar-refractivity contribution in [1.29, 1.82) is 0 Å². The van der Waals surface area contributed by atoms with Crippen LogP contribution in [0.5, 0.6) is 0 Å². The Balaban J connectivity index is 2.05. The number of benzene rings is 1. The Hall–Kier alpha value is -1.68. The number of sulfonamides is 1. The second-order valence-corrected chi connectivity index (χ2v) is 8.32. The van der Waals surface area contributed by atoms with E-state index in [2.05, 4.69) is 15.6 Å². The number of nitrogens with one attached hydrogen (secondary N) is 2. The summed E-state index contributed by atoms with van der Waals surface area (Å²) in [6, 6.07) is 7.56. The third-order valence-electron chi connectivity index (χ3n) is 4.31. The molecule has 0 aliphatic carbocycles. The van der Waals surface area contributed by atoms with E-state index in [1.165, 1.54) is 4.31 Å². The van der Waals surface area contributed by atoms with Gasteiger partial charge in [0.05, 0.1) is 32.1 Å². The van der Waals surface area contributed by atoms with E-state index < -0.39 is 10.0 Å². The van der Waals surface area contributed by atoms with E-state index in [4.69, 9.17) is 9.47 Å². The fourth-order valence-corrected chi connectivity index (χ4v) is 4.42. The van der Waals surface area contributed by atoms with Gasteiger partial charge in [-0.2, -0.15) is 4.31 Å². The molecule has 1 heterocycles. The minimum absolute atomic E-state index is 0.0208. The van der Waals surface area contributed by atoms with Crippen molar-refractivity contribution in [2.24, 2.45) is 4.99 Å². The molecule has 158 valence electrons. The molecule has 9 heteroatoms. The molecule has 0 bridgehead atoms. The average Bonchev–Trinajstić information content (AvgIpc) is 2.70. The molecule has 28 heavy (non-hydrogen) atoms. The van der Waals surface area contributed by atoms with Crippen molar-refractivity contribution in [2.45, 2.75) is 26.1 Å². The number of nitrogens with zero attached hydrogens (tertiary/aromatic N) is 2. The molecule has 0 atom stereocenters. The Labute approximate surface area is 168 Å². The maximum Gasteiger partial charge on any atom is 0.218 e. The number of morpholine rings is 1. The van der Waals surface area contributed by atoms with E-state index in [1.807, 2.05) is 38.1 Å². The van der Waals surface area contributed by atoms with E-state index in [-0.39, 0.29) is 5.75 Å². The third-order valence-corrected chi connectivity index (χ3v) is 6.14. The minimum Gasteiger partial charge on any atom is -0.380 e. The number of rotatable bonds is 10. The molecule has 0 aromatic heterocycles. The monoisotopic (exact) mass is 412 g/mol. The number of ether oxygens (including phenoxy) is 2. The van der Waals surface area contributed by atoms with E-state index in [0.717, 1.165) is 17.7 Å². The lowest BCUT2D eigenvalue weighted by Crippen LogP contribution is -2.41. The van der Waals surface area contributed by atoms with Crippen molar-refractivity contribution >= 4 is 16.0 Å². The molecule has 8 nitrogen and oxygen atoms in total. The van der Waals surface area contributed by atoms with E-state index in [0.29, 0.717) is 58.6 Å². The molecule has 1 saturated heterocycles. The zero-order valence-corrected chi connectivity index (χ0v) is 17.6. The molecule has 1 aromatic carbocycles. The first-order valence-corrected chi connectivity index (χ1v) is 11.4. The van der Waals surface area contributed by atoms with Gasteiger partial charge in [-0.25, -0.2) is 13.4 Å². The molecule has 0 radical (unpaired) electrons. The SMILES string of the molecule is CCNC(=NCc1ccccc1CS(=O)(=O)N1CCOCC1)NCCOCC. The smallest absolute Gasteiger partial charge is 0.218 e. The summed E-state index contributed by atoms with van der Waals surface area (Å²) in [6.07, 6.45) is 0. The first kappa shape index (κ1) is 22.6. The van der Waals surface area contributed by atoms with Gasteiger partial charge in [0.25, 0.3) is 0 Å². The minimum atomic E-state index is -3.37. The van der Waals surface area contributed by atoms with Crippen LogP contribution in [0, 0.1) is 0 Å². The van der Waals surface area contributed by atoms with Crippen LogP contribution in [-0.2, 0) is 31.8 Å². The van der Waals surface area contributed by atoms with Gasteiger partial charge < -0.3 is 20.1 Å². The van der Waals surface area contributed by atoms with Crippen LogP contribution in [-0.4, -0.2) is 71.3 Å². The fourth-order valence-electron chi connectivity index (χ4n) is 2.86. The standard InChI is InChI=1S/C19H32N4O4S/c1-3-20-19(21-9-12-26-4-2)22-15-17-7-5-6-8-18(17)16-28(24,25)23-10-13-27-14-11-23/h5-8H,3-4,9-16H2,1-2H3,(H2,20,21,22). The van der Waals surface area contributed by atoms with Crippen molar-refractivity contribution in [3.63, 3.8) is 0 Å². The highest BCUT2D eigenvalue weighted by molar-refractivity contribution is 7.88. The summed E-state index contributed by atoms with van der Waals surface area (Å²) >= 11 is 0. The van der Waals surface area contributed by atoms with Crippen molar-refractivity contribution in [1.82, 2.24) is 14.9 Å². The second kappa shape index (κ2) is 12.0. The van der Waals surface area contributed by atoms with Gasteiger partial charge in [-0.3, -0.25) is 0 Å². The second-order valence-electron chi connectivity index (χ2n) is 6.36. The van der Waals surface area contributed by atoms with Crippen LogP contribution in [0.2, 0.25) is 0 Å². The number of guanidine groups is 1. The molecule has 0 unspecified atom stereocenters. The predicted molar refractivity (Wildman–Crippen MR) is 111 cm³/mol. The van der Waals surface area contributed by atoms with E-state index in [9.17, 15) is 8.42 Å². The van der Waals surface area contributed by atoms with Gasteiger partial charge in [-0.1, -0.05) is 24.3 Å². The van der Waals surface area contributed by atoms with Gasteiger partial charge in [-0.05, 0) is 25.0 Å². The summed E-state index contributed by atoms with van der Waals surface area (Å²) in [5.41, 5.74) is 1.68. The van der Waals surface area contributed by atoms with Crippen LogP contribution in [0.15, 0.2) is 29.3 Å². The maximum atomic E-state index is 12.7. The van der Waals surface area contributed by atoms with Crippen LogP contribution >= 0.6 is 0 Å². The highest BCUT2D eigenvalue weighted by Gasteiger charge is 2.25. The highest BCUT2D eigenvalue weighted by Crippen LogP contribution is 2.17. The van der Waals surface area contributed by atoms with Gasteiger partial charge in [0.15, 0.2) is 5.96 Å². The highest BCUT2D eigenvalue weighted by atomic mass is 32.2. The molecule has 0 saturated carbocycles. The molecule has 1 aromatic rings. The van der Waals surface area contributed by atoms with Gasteiger partial charge in [0.1, 0.15) is 0 Å². The number of aliphatic imine (C=N–C) groups is 1. The summed E-state index contributed by atoms with van der Waals surface area (Å²) in [5, 5.41) is 6.41. The predicted octanol–water partition coefficient (Wildman–Crippen LogP) is 0.940. The summed E-state index contributed by atoms with van der Waals surface area (Å²) < 4.78 is 37.6.